The summed E-state index contributed by atoms with van der Waals surface area (Å²) < 4.78 is 0. The summed E-state index contributed by atoms with van der Waals surface area (Å²) in [6.07, 6.45) is 1.87. The molecule has 1 amide bonds. The molecule has 2 aromatic rings. The molecule has 2 unspecified atom stereocenters. The number of carbonyl (C=O) groups excluding carboxylic acids is 1. The molecule has 0 spiro atoms. The van der Waals surface area contributed by atoms with Gasteiger partial charge in [-0.05, 0) is 44.4 Å². The van der Waals surface area contributed by atoms with Crippen molar-refractivity contribution in [1.29, 1.82) is 5.26 Å². The summed E-state index contributed by atoms with van der Waals surface area (Å²) in [7, 11) is 0. The smallest absolute Gasteiger partial charge is 0.233 e. The third kappa shape index (κ3) is 5.09. The molecule has 0 fully saturated rings. The highest BCUT2D eigenvalue weighted by atomic mass is 32.2. The second-order valence-corrected chi connectivity index (χ2v) is 7.72. The second kappa shape index (κ2) is 9.40. The van der Waals surface area contributed by atoms with Crippen LogP contribution in [0.15, 0.2) is 41.4 Å². The van der Waals surface area contributed by atoms with Crippen molar-refractivity contribution in [3.63, 3.8) is 0 Å². The van der Waals surface area contributed by atoms with E-state index < -0.39 is 0 Å². The Labute approximate surface area is 160 Å². The fourth-order valence-electron chi connectivity index (χ4n) is 2.83. The van der Waals surface area contributed by atoms with Crippen molar-refractivity contribution in [2.45, 2.75) is 56.9 Å². The largest absolute Gasteiger partial charge is 0.348 e. The average Bonchev–Trinajstić information content (AvgIpc) is 2.61. The lowest BCUT2D eigenvalue weighted by atomic mass is 10.0. The van der Waals surface area contributed by atoms with Crippen molar-refractivity contribution in [2.75, 3.05) is 0 Å². The highest BCUT2D eigenvalue weighted by Crippen LogP contribution is 2.28. The predicted molar refractivity (Wildman–Crippen MR) is 106 cm³/mol. The van der Waals surface area contributed by atoms with Crippen LogP contribution in [0.25, 0.3) is 0 Å². The summed E-state index contributed by atoms with van der Waals surface area (Å²) in [5.74, 6) is -0.0397. The van der Waals surface area contributed by atoms with Crippen LogP contribution in [-0.4, -0.2) is 16.1 Å². The average molecular weight is 368 g/mol. The lowest BCUT2D eigenvalue weighted by molar-refractivity contribution is -0.121. The molecule has 26 heavy (non-hydrogen) atoms. The van der Waals surface area contributed by atoms with Gasteiger partial charge in [-0.3, -0.25) is 4.79 Å². The number of aryl methyl sites for hydroxylation is 2. The Morgan fingerprint density at radius 2 is 2.00 bits per heavy atom. The normalized spacial score (nSPS) is 12.9. The van der Waals surface area contributed by atoms with Crippen molar-refractivity contribution in [1.82, 2.24) is 10.3 Å². The highest BCUT2D eigenvalue weighted by Gasteiger charge is 2.21. The summed E-state index contributed by atoms with van der Waals surface area (Å²) in [5.41, 5.74) is 3.41. The summed E-state index contributed by atoms with van der Waals surface area (Å²) in [4.78, 5) is 17.2. The standard InChI is InChI=1S/C21H25N3OS/c1-5-9-19(17-10-7-6-8-11-17)24-20(25)16(4)26-21-18(13-22)14(2)12-15(3)23-21/h6-8,10-12,16,19H,5,9H2,1-4H3,(H,24,25). The van der Waals surface area contributed by atoms with E-state index in [2.05, 4.69) is 23.3 Å². The minimum absolute atomic E-state index is 0.000563. The van der Waals surface area contributed by atoms with Gasteiger partial charge in [-0.2, -0.15) is 5.26 Å². The lowest BCUT2D eigenvalue weighted by Crippen LogP contribution is -2.34. The van der Waals surface area contributed by atoms with Gasteiger partial charge in [0.15, 0.2) is 0 Å². The van der Waals surface area contributed by atoms with E-state index in [-0.39, 0.29) is 17.2 Å². The Morgan fingerprint density at radius 1 is 1.31 bits per heavy atom. The van der Waals surface area contributed by atoms with Crippen LogP contribution in [0.2, 0.25) is 0 Å². The van der Waals surface area contributed by atoms with Gasteiger partial charge < -0.3 is 5.32 Å². The number of hydrogen-bond donors (Lipinski definition) is 1. The molecule has 1 aromatic carbocycles. The van der Waals surface area contributed by atoms with E-state index in [1.165, 1.54) is 11.8 Å². The van der Waals surface area contributed by atoms with Gasteiger partial charge in [0.1, 0.15) is 11.1 Å². The SMILES string of the molecule is CCCC(NC(=O)C(C)Sc1nc(C)cc(C)c1C#N)c1ccccc1. The summed E-state index contributed by atoms with van der Waals surface area (Å²) in [6, 6.07) is 14.1. The van der Waals surface area contributed by atoms with Crippen LogP contribution in [0.3, 0.4) is 0 Å². The number of rotatable bonds is 7. The van der Waals surface area contributed by atoms with Gasteiger partial charge in [0.05, 0.1) is 16.9 Å². The summed E-state index contributed by atoms with van der Waals surface area (Å²) in [6.45, 7) is 7.76. The molecule has 0 aliphatic rings. The van der Waals surface area contributed by atoms with Crippen LogP contribution >= 0.6 is 11.8 Å². The molecule has 5 heteroatoms. The van der Waals surface area contributed by atoms with Gasteiger partial charge >= 0.3 is 0 Å². The third-order valence-corrected chi connectivity index (χ3v) is 5.26. The van der Waals surface area contributed by atoms with Crippen LogP contribution in [-0.2, 0) is 4.79 Å². The minimum atomic E-state index is -0.334. The van der Waals surface area contributed by atoms with E-state index in [9.17, 15) is 10.1 Å². The van der Waals surface area contributed by atoms with E-state index in [0.717, 1.165) is 29.7 Å². The van der Waals surface area contributed by atoms with E-state index in [0.29, 0.717) is 10.6 Å². The van der Waals surface area contributed by atoms with Crippen LogP contribution in [0.1, 0.15) is 55.1 Å². The maximum Gasteiger partial charge on any atom is 0.233 e. The number of pyridine rings is 1. The predicted octanol–water partition coefficient (Wildman–Crippen LogP) is 4.71. The number of carbonyl (C=O) groups is 1. The van der Waals surface area contributed by atoms with Crippen molar-refractivity contribution in [3.05, 3.63) is 58.8 Å². The Bertz CT molecular complexity index is 799. The van der Waals surface area contributed by atoms with E-state index >= 15 is 0 Å². The molecule has 1 heterocycles. The maximum atomic E-state index is 12.7. The molecule has 2 rings (SSSR count). The van der Waals surface area contributed by atoms with Gasteiger partial charge in [0.25, 0.3) is 0 Å². The van der Waals surface area contributed by atoms with Crippen molar-refractivity contribution in [3.8, 4) is 6.07 Å². The molecule has 2 atom stereocenters. The fraction of sp³-hybridized carbons (Fsp3) is 0.381. The summed E-state index contributed by atoms with van der Waals surface area (Å²) in [5, 5.41) is 12.8. The Morgan fingerprint density at radius 3 is 2.62 bits per heavy atom. The van der Waals surface area contributed by atoms with Crippen molar-refractivity contribution in [2.24, 2.45) is 0 Å². The fourth-order valence-corrected chi connectivity index (χ4v) is 3.86. The van der Waals surface area contributed by atoms with Crippen LogP contribution in [0, 0.1) is 25.2 Å². The number of aromatic nitrogens is 1. The van der Waals surface area contributed by atoms with Gasteiger partial charge in [-0.25, -0.2) is 4.98 Å². The van der Waals surface area contributed by atoms with Crippen LogP contribution in [0.5, 0.6) is 0 Å². The van der Waals surface area contributed by atoms with Gasteiger partial charge in [-0.15, -0.1) is 0 Å². The number of hydrogen-bond acceptors (Lipinski definition) is 4. The molecule has 1 aromatic heterocycles. The zero-order valence-electron chi connectivity index (χ0n) is 15.7. The first-order valence-electron chi connectivity index (χ1n) is 8.86. The Kier molecular flexibility index (Phi) is 7.23. The topological polar surface area (TPSA) is 65.8 Å². The lowest BCUT2D eigenvalue weighted by Gasteiger charge is -2.21. The van der Waals surface area contributed by atoms with Gasteiger partial charge in [0.2, 0.25) is 5.91 Å². The first kappa shape index (κ1) is 20.0. The monoisotopic (exact) mass is 367 g/mol. The van der Waals surface area contributed by atoms with Gasteiger partial charge in [-0.1, -0.05) is 55.4 Å². The molecule has 136 valence electrons. The zero-order chi connectivity index (χ0) is 19.1. The first-order chi connectivity index (χ1) is 12.5. The molecule has 0 aliphatic heterocycles. The molecular formula is C21H25N3OS. The molecule has 0 saturated heterocycles. The number of nitrogens with one attached hydrogen (secondary N) is 1. The minimum Gasteiger partial charge on any atom is -0.348 e. The van der Waals surface area contributed by atoms with E-state index in [1.807, 2.05) is 57.2 Å². The molecule has 4 nitrogen and oxygen atoms in total. The molecule has 1 N–H and O–H groups in total. The number of nitrogens with zero attached hydrogens (tertiary/aromatic N) is 2. The quantitative estimate of drug-likeness (QED) is 0.720. The highest BCUT2D eigenvalue weighted by molar-refractivity contribution is 8.00. The second-order valence-electron chi connectivity index (χ2n) is 6.39. The number of thioether (sulfide) groups is 1. The summed E-state index contributed by atoms with van der Waals surface area (Å²) >= 11 is 1.34. The van der Waals surface area contributed by atoms with Crippen molar-refractivity contribution < 1.29 is 4.79 Å². The third-order valence-electron chi connectivity index (χ3n) is 4.18. The molecule has 0 radical (unpaired) electrons. The molecule has 0 aliphatic carbocycles. The van der Waals surface area contributed by atoms with Crippen LogP contribution < -0.4 is 5.32 Å². The number of nitriles is 1. The Hall–Kier alpha value is -2.32. The number of amides is 1. The van der Waals surface area contributed by atoms with Gasteiger partial charge in [0, 0.05) is 5.69 Å². The van der Waals surface area contributed by atoms with Crippen LogP contribution in [0.4, 0.5) is 0 Å². The molecular weight excluding hydrogens is 342 g/mol. The first-order valence-corrected chi connectivity index (χ1v) is 9.74. The zero-order valence-corrected chi connectivity index (χ0v) is 16.6. The molecule has 0 saturated carbocycles. The van der Waals surface area contributed by atoms with E-state index in [4.69, 9.17) is 0 Å². The maximum absolute atomic E-state index is 12.7. The molecule has 0 bridgehead atoms. The van der Waals surface area contributed by atoms with Crippen molar-refractivity contribution >= 4 is 17.7 Å². The Balaban J connectivity index is 2.13. The number of benzene rings is 1. The van der Waals surface area contributed by atoms with E-state index in [1.54, 1.807) is 0 Å².